The SMILES string of the molecule is COc1cccc(C2CC(=O)C(C=NCc3ccc(Cl)cc3)=C(O)C2)c1. The van der Waals surface area contributed by atoms with Crippen LogP contribution >= 0.6 is 11.6 Å². The topological polar surface area (TPSA) is 58.9 Å². The number of hydrogen-bond acceptors (Lipinski definition) is 4. The van der Waals surface area contributed by atoms with Crippen molar-refractivity contribution >= 4 is 23.6 Å². The summed E-state index contributed by atoms with van der Waals surface area (Å²) in [5, 5.41) is 11.0. The lowest BCUT2D eigenvalue weighted by Gasteiger charge is -2.22. The van der Waals surface area contributed by atoms with Crippen LogP contribution in [0.1, 0.15) is 29.9 Å². The second-order valence-corrected chi connectivity index (χ2v) is 6.70. The smallest absolute Gasteiger partial charge is 0.168 e. The number of ether oxygens (including phenoxy) is 1. The molecule has 2 aromatic rings. The van der Waals surface area contributed by atoms with Gasteiger partial charge >= 0.3 is 0 Å². The highest BCUT2D eigenvalue weighted by Gasteiger charge is 2.27. The minimum Gasteiger partial charge on any atom is -0.511 e. The van der Waals surface area contributed by atoms with Crippen molar-refractivity contribution in [1.29, 1.82) is 0 Å². The fourth-order valence-electron chi connectivity index (χ4n) is 3.02. The second kappa shape index (κ2) is 8.19. The minimum absolute atomic E-state index is 0.0500. The Labute approximate surface area is 157 Å². The Hall–Kier alpha value is -2.59. The molecule has 1 N–H and O–H groups in total. The predicted octanol–water partition coefficient (Wildman–Crippen LogP) is 4.88. The van der Waals surface area contributed by atoms with Crippen LogP contribution in [0.5, 0.6) is 5.75 Å². The van der Waals surface area contributed by atoms with Gasteiger partial charge in [0.15, 0.2) is 5.78 Å². The maximum atomic E-state index is 12.5. The zero-order valence-electron chi connectivity index (χ0n) is 14.5. The van der Waals surface area contributed by atoms with Crippen molar-refractivity contribution in [2.45, 2.75) is 25.3 Å². The summed E-state index contributed by atoms with van der Waals surface area (Å²) in [6, 6.07) is 15.0. The van der Waals surface area contributed by atoms with Gasteiger partial charge in [-0.05, 0) is 41.3 Å². The van der Waals surface area contributed by atoms with Crippen LogP contribution < -0.4 is 4.74 Å². The van der Waals surface area contributed by atoms with Gasteiger partial charge in [0.2, 0.25) is 0 Å². The third kappa shape index (κ3) is 4.33. The van der Waals surface area contributed by atoms with Crippen molar-refractivity contribution in [3.63, 3.8) is 0 Å². The Morgan fingerprint density at radius 3 is 2.69 bits per heavy atom. The lowest BCUT2D eigenvalue weighted by atomic mass is 9.83. The molecular weight excluding hydrogens is 350 g/mol. The van der Waals surface area contributed by atoms with Crippen LogP contribution in [0.3, 0.4) is 0 Å². The summed E-state index contributed by atoms with van der Waals surface area (Å²) in [4.78, 5) is 16.8. The van der Waals surface area contributed by atoms with Gasteiger partial charge in [0.05, 0.1) is 19.2 Å². The Morgan fingerprint density at radius 1 is 1.23 bits per heavy atom. The van der Waals surface area contributed by atoms with E-state index in [9.17, 15) is 9.90 Å². The van der Waals surface area contributed by atoms with Gasteiger partial charge in [0.1, 0.15) is 11.5 Å². The van der Waals surface area contributed by atoms with E-state index in [0.29, 0.717) is 30.0 Å². The highest BCUT2D eigenvalue weighted by Crippen LogP contribution is 2.34. The number of Topliss-reactive ketones (excluding diaryl/α,β-unsaturated/α-hetero) is 1. The summed E-state index contributed by atoms with van der Waals surface area (Å²) < 4.78 is 5.23. The van der Waals surface area contributed by atoms with Crippen molar-refractivity contribution in [1.82, 2.24) is 0 Å². The van der Waals surface area contributed by atoms with Gasteiger partial charge in [-0.15, -0.1) is 0 Å². The summed E-state index contributed by atoms with van der Waals surface area (Å²) in [5.41, 5.74) is 2.28. The van der Waals surface area contributed by atoms with Crippen LogP contribution in [0, 0.1) is 0 Å². The molecule has 1 aliphatic rings. The number of allylic oxidation sites excluding steroid dienone is 2. The van der Waals surface area contributed by atoms with Gasteiger partial charge in [0.25, 0.3) is 0 Å². The molecule has 0 saturated heterocycles. The average Bonchev–Trinajstić information content (AvgIpc) is 2.65. The second-order valence-electron chi connectivity index (χ2n) is 6.26. The Bertz CT molecular complexity index is 856. The van der Waals surface area contributed by atoms with E-state index in [0.717, 1.165) is 16.9 Å². The fourth-order valence-corrected chi connectivity index (χ4v) is 3.15. The fraction of sp³-hybridized carbons (Fsp3) is 0.238. The van der Waals surface area contributed by atoms with E-state index >= 15 is 0 Å². The van der Waals surface area contributed by atoms with Crippen LogP contribution in [-0.2, 0) is 11.3 Å². The minimum atomic E-state index is -0.0959. The summed E-state index contributed by atoms with van der Waals surface area (Å²) in [6.07, 6.45) is 2.24. The quantitative estimate of drug-likeness (QED) is 0.764. The molecule has 3 rings (SSSR count). The lowest BCUT2D eigenvalue weighted by Crippen LogP contribution is -2.19. The molecule has 1 aliphatic carbocycles. The van der Waals surface area contributed by atoms with Crippen molar-refractivity contribution in [2.75, 3.05) is 7.11 Å². The summed E-state index contributed by atoms with van der Waals surface area (Å²) in [5.74, 6) is 0.690. The van der Waals surface area contributed by atoms with Crippen molar-refractivity contribution in [3.05, 3.63) is 76.0 Å². The molecule has 0 bridgehead atoms. The maximum Gasteiger partial charge on any atom is 0.168 e. The van der Waals surface area contributed by atoms with E-state index in [1.165, 1.54) is 6.21 Å². The molecule has 5 heteroatoms. The van der Waals surface area contributed by atoms with Crippen LogP contribution in [0.2, 0.25) is 5.02 Å². The van der Waals surface area contributed by atoms with Gasteiger partial charge in [0, 0.05) is 24.1 Å². The van der Waals surface area contributed by atoms with Crippen molar-refractivity contribution < 1.29 is 14.6 Å². The monoisotopic (exact) mass is 369 g/mol. The van der Waals surface area contributed by atoms with Crippen molar-refractivity contribution in [2.24, 2.45) is 4.99 Å². The average molecular weight is 370 g/mol. The molecule has 0 aliphatic heterocycles. The van der Waals surface area contributed by atoms with Gasteiger partial charge in [-0.3, -0.25) is 9.79 Å². The number of carbonyl (C=O) groups is 1. The molecule has 0 aromatic heterocycles. The first-order chi connectivity index (χ1) is 12.6. The molecule has 0 spiro atoms. The number of aliphatic hydroxyl groups excluding tert-OH is 1. The molecule has 134 valence electrons. The Balaban J connectivity index is 1.71. The Morgan fingerprint density at radius 2 is 2.00 bits per heavy atom. The largest absolute Gasteiger partial charge is 0.511 e. The van der Waals surface area contributed by atoms with Crippen LogP contribution in [-0.4, -0.2) is 24.2 Å². The van der Waals surface area contributed by atoms with Crippen LogP contribution in [0.15, 0.2) is 64.9 Å². The van der Waals surface area contributed by atoms with Crippen LogP contribution in [0.25, 0.3) is 0 Å². The van der Waals surface area contributed by atoms with Gasteiger partial charge in [-0.25, -0.2) is 0 Å². The zero-order valence-corrected chi connectivity index (χ0v) is 15.2. The number of nitrogens with zero attached hydrogens (tertiary/aromatic N) is 1. The third-order valence-electron chi connectivity index (χ3n) is 4.46. The molecule has 1 unspecified atom stereocenters. The number of methoxy groups -OCH3 is 1. The molecule has 0 saturated carbocycles. The van der Waals surface area contributed by atoms with E-state index in [1.807, 2.05) is 36.4 Å². The number of aliphatic imine (C=N–C) groups is 1. The summed E-state index contributed by atoms with van der Waals surface area (Å²) in [7, 11) is 1.61. The molecular formula is C21H20ClNO3. The first kappa shape index (κ1) is 18.2. The summed E-state index contributed by atoms with van der Waals surface area (Å²) in [6.45, 7) is 0.431. The van der Waals surface area contributed by atoms with Crippen LogP contribution in [0.4, 0.5) is 0 Å². The summed E-state index contributed by atoms with van der Waals surface area (Å²) >= 11 is 5.86. The van der Waals surface area contributed by atoms with E-state index < -0.39 is 0 Å². The number of carbonyl (C=O) groups excluding carboxylic acids is 1. The number of rotatable bonds is 5. The third-order valence-corrected chi connectivity index (χ3v) is 4.71. The number of benzene rings is 2. The predicted molar refractivity (Wildman–Crippen MR) is 103 cm³/mol. The molecule has 0 heterocycles. The standard InChI is InChI=1S/C21H20ClNO3/c1-26-18-4-2-3-15(9-18)16-10-20(24)19(21(25)11-16)13-23-12-14-5-7-17(22)8-6-14/h2-9,13,16,24H,10-12H2,1H3. The van der Waals surface area contributed by atoms with Gasteiger partial charge in [-0.1, -0.05) is 35.9 Å². The molecule has 1 atom stereocenters. The number of aliphatic hydroxyl groups is 1. The highest BCUT2D eigenvalue weighted by atomic mass is 35.5. The molecule has 2 aromatic carbocycles. The first-order valence-corrected chi connectivity index (χ1v) is 8.78. The maximum absolute atomic E-state index is 12.5. The normalized spacial score (nSPS) is 17.8. The van der Waals surface area contributed by atoms with Crippen molar-refractivity contribution in [3.8, 4) is 5.75 Å². The number of ketones is 1. The van der Waals surface area contributed by atoms with E-state index in [2.05, 4.69) is 4.99 Å². The highest BCUT2D eigenvalue weighted by molar-refractivity contribution is 6.30. The lowest BCUT2D eigenvalue weighted by molar-refractivity contribution is -0.116. The zero-order chi connectivity index (χ0) is 18.5. The molecule has 0 fully saturated rings. The van der Waals surface area contributed by atoms with E-state index in [-0.39, 0.29) is 17.5 Å². The Kier molecular flexibility index (Phi) is 5.74. The molecule has 0 amide bonds. The molecule has 26 heavy (non-hydrogen) atoms. The number of hydrogen-bond donors (Lipinski definition) is 1. The van der Waals surface area contributed by atoms with E-state index in [4.69, 9.17) is 16.3 Å². The molecule has 4 nitrogen and oxygen atoms in total. The number of halogens is 1. The molecule has 0 radical (unpaired) electrons. The van der Waals surface area contributed by atoms with E-state index in [1.54, 1.807) is 19.2 Å². The van der Waals surface area contributed by atoms with Gasteiger partial charge < -0.3 is 9.84 Å². The van der Waals surface area contributed by atoms with Gasteiger partial charge in [-0.2, -0.15) is 0 Å². The first-order valence-electron chi connectivity index (χ1n) is 8.40.